The number of fused-ring (bicyclic) bond motifs is 1. The number of benzene rings is 1. The van der Waals surface area contributed by atoms with Crippen LogP contribution < -0.4 is 26.8 Å². The summed E-state index contributed by atoms with van der Waals surface area (Å²) in [6.45, 7) is 0. The molecule has 19 nitrogen and oxygen atoms in total. The molecule has 4 amide bonds. The Morgan fingerprint density at radius 2 is 1.96 bits per heavy atom. The molecule has 2 fully saturated rings. The third-order valence-electron chi connectivity index (χ3n) is 8.59. The molecule has 1 aliphatic carbocycles. The number of phenols is 1. The number of H-pyrrole nitrogens is 1. The van der Waals surface area contributed by atoms with E-state index in [1.807, 2.05) is 0 Å². The summed E-state index contributed by atoms with van der Waals surface area (Å²) in [5.41, 5.74) is 2.87. The topological polar surface area (TPSA) is 264 Å². The van der Waals surface area contributed by atoms with Crippen LogP contribution in [0.25, 0.3) is 0 Å². The quantitative estimate of drug-likeness (QED) is 0.0842. The first kappa shape index (κ1) is 34.7. The summed E-state index contributed by atoms with van der Waals surface area (Å²) in [4.78, 5) is 75.7. The van der Waals surface area contributed by atoms with Crippen molar-refractivity contribution in [2.24, 2.45) is 12.8 Å². The van der Waals surface area contributed by atoms with Crippen molar-refractivity contribution in [3.05, 3.63) is 57.6 Å². The zero-order valence-corrected chi connectivity index (χ0v) is 28.4. The fraction of sp³-hybridized carbons (Fsp3) is 0.414. The lowest BCUT2D eigenvalue weighted by Crippen LogP contribution is -2.81. The van der Waals surface area contributed by atoms with Gasteiger partial charge in [0, 0.05) is 31.7 Å². The van der Waals surface area contributed by atoms with Crippen LogP contribution >= 0.6 is 23.5 Å². The number of aliphatic carboxylic acids is 1. The van der Waals surface area contributed by atoms with Gasteiger partial charge in [0.25, 0.3) is 23.1 Å². The first-order valence-corrected chi connectivity index (χ1v) is 17.3. The number of aromatic hydroxyl groups is 1. The Morgan fingerprint density at radius 1 is 1.24 bits per heavy atom. The number of primary amides is 1. The number of carbonyl (C=O) groups is 4. The van der Waals surface area contributed by atoms with Gasteiger partial charge in [-0.3, -0.25) is 29.2 Å². The molecule has 0 radical (unpaired) electrons. The number of β-lactam (4-membered cyclic amide) rings is 1. The first-order chi connectivity index (χ1) is 23.9. The van der Waals surface area contributed by atoms with Crippen molar-refractivity contribution in [3.63, 3.8) is 0 Å². The predicted octanol–water partition coefficient (Wildman–Crippen LogP) is 0.485. The van der Waals surface area contributed by atoms with E-state index in [1.54, 1.807) is 7.05 Å². The first-order valence-electron chi connectivity index (χ1n) is 15.3. The second-order valence-corrected chi connectivity index (χ2v) is 13.7. The van der Waals surface area contributed by atoms with Gasteiger partial charge in [-0.05, 0) is 46.5 Å². The summed E-state index contributed by atoms with van der Waals surface area (Å²) < 4.78 is 7.05. The molecule has 1 aromatic carbocycles. The zero-order valence-electron chi connectivity index (χ0n) is 26.7. The van der Waals surface area contributed by atoms with Crippen LogP contribution in [-0.2, 0) is 26.2 Å². The van der Waals surface area contributed by atoms with Gasteiger partial charge in [-0.15, -0.1) is 16.9 Å². The van der Waals surface area contributed by atoms with Crippen molar-refractivity contribution in [2.45, 2.75) is 54.0 Å². The molecule has 1 unspecified atom stereocenters. The van der Waals surface area contributed by atoms with Gasteiger partial charge in [0.15, 0.2) is 0 Å². The number of methoxy groups -OCH3 is 1. The number of aryl methyl sites for hydroxylation is 1. The van der Waals surface area contributed by atoms with Crippen molar-refractivity contribution in [1.82, 2.24) is 40.4 Å². The number of nitrogens with zero attached hydrogens (tertiary/aromatic N) is 7. The lowest BCUT2D eigenvalue weighted by Gasteiger charge is -2.56. The average molecular weight is 728 g/mol. The Balaban J connectivity index is 1.31. The highest BCUT2D eigenvalue weighted by molar-refractivity contribution is 8.01. The molecule has 0 bridgehead atoms. The van der Waals surface area contributed by atoms with Gasteiger partial charge in [-0.25, -0.2) is 19.3 Å². The molecule has 0 spiro atoms. The maximum absolute atomic E-state index is 14.3. The van der Waals surface area contributed by atoms with E-state index >= 15 is 0 Å². The lowest BCUT2D eigenvalue weighted by molar-refractivity contribution is -0.192. The number of amides is 4. The highest BCUT2D eigenvalue weighted by atomic mass is 32.2. The van der Waals surface area contributed by atoms with E-state index in [0.717, 1.165) is 53.4 Å². The van der Waals surface area contributed by atoms with Gasteiger partial charge in [0.05, 0.1) is 6.20 Å². The summed E-state index contributed by atoms with van der Waals surface area (Å²) in [6.07, 6.45) is 5.00. The number of carbonyl (C=O) groups excluding carboxylic acids is 3. The van der Waals surface area contributed by atoms with Crippen molar-refractivity contribution in [1.29, 1.82) is 0 Å². The molecule has 3 atom stereocenters. The Labute approximate surface area is 292 Å². The van der Waals surface area contributed by atoms with Crippen molar-refractivity contribution < 1.29 is 34.1 Å². The van der Waals surface area contributed by atoms with Crippen LogP contribution in [0.1, 0.15) is 37.3 Å². The molecule has 1 saturated carbocycles. The maximum Gasteiger partial charge on any atom is 0.352 e. The second kappa shape index (κ2) is 14.0. The highest BCUT2D eigenvalue weighted by Crippen LogP contribution is 2.47. The van der Waals surface area contributed by atoms with E-state index in [9.17, 15) is 34.2 Å². The van der Waals surface area contributed by atoms with Gasteiger partial charge in [0.1, 0.15) is 28.5 Å². The summed E-state index contributed by atoms with van der Waals surface area (Å²) >= 11 is 2.35. The molecule has 1 saturated heterocycles. The number of aromatic amines is 1. The van der Waals surface area contributed by atoms with Gasteiger partial charge in [0.2, 0.25) is 11.1 Å². The SMILES string of the molecule is CO[C@@]1(NC(=O)C(c2ccc(O)cc2)N(C(N)=O)c2cnc(NC3CCCC3)[nH]c2=O)C(=O)N2C(C(=O)O)=C(CSc3nnnn3C)CS[C@H]21. The number of carboxylic acids is 1. The van der Waals surface area contributed by atoms with Crippen LogP contribution in [0.5, 0.6) is 5.75 Å². The number of carboxylic acid groups (broad SMARTS) is 1. The molecule has 6 rings (SSSR count). The Morgan fingerprint density at radius 3 is 2.56 bits per heavy atom. The van der Waals surface area contributed by atoms with E-state index in [-0.39, 0.29) is 46.2 Å². The Kier molecular flexibility index (Phi) is 9.71. The Bertz CT molecular complexity index is 1910. The number of hydrogen-bond acceptors (Lipinski definition) is 14. The minimum atomic E-state index is -2.06. The third kappa shape index (κ3) is 6.33. The van der Waals surface area contributed by atoms with Gasteiger partial charge in [-0.1, -0.05) is 36.7 Å². The molecule has 21 heteroatoms. The number of anilines is 2. The molecule has 7 N–H and O–H groups in total. The number of thioether (sulfide) groups is 2. The van der Waals surface area contributed by atoms with Crippen LogP contribution in [0.2, 0.25) is 0 Å². The Hall–Kier alpha value is -5.15. The summed E-state index contributed by atoms with van der Waals surface area (Å²) in [6, 6.07) is 2.48. The van der Waals surface area contributed by atoms with E-state index < -0.39 is 46.5 Å². The molecule has 2 aliphatic heterocycles. The fourth-order valence-corrected chi connectivity index (χ4v) is 8.58. The number of hydrogen-bond donors (Lipinski definition) is 6. The molecule has 2 aromatic heterocycles. The van der Waals surface area contributed by atoms with Crippen LogP contribution in [0.3, 0.4) is 0 Å². The molecule has 50 heavy (non-hydrogen) atoms. The van der Waals surface area contributed by atoms with Gasteiger partial charge in [-0.2, -0.15) is 0 Å². The van der Waals surface area contributed by atoms with E-state index in [0.29, 0.717) is 10.7 Å². The van der Waals surface area contributed by atoms with Crippen molar-refractivity contribution in [2.75, 3.05) is 28.8 Å². The zero-order chi connectivity index (χ0) is 35.7. The van der Waals surface area contributed by atoms with Gasteiger partial charge < -0.3 is 31.3 Å². The van der Waals surface area contributed by atoms with Crippen LogP contribution in [0.4, 0.5) is 16.4 Å². The summed E-state index contributed by atoms with van der Waals surface area (Å²) in [7, 11) is 2.81. The number of aromatic nitrogens is 6. The highest BCUT2D eigenvalue weighted by Gasteiger charge is 2.67. The molecule has 3 aromatic rings. The third-order valence-corrected chi connectivity index (χ3v) is 11.1. The lowest BCUT2D eigenvalue weighted by atomic mass is 9.96. The average Bonchev–Trinajstić information content (AvgIpc) is 3.76. The van der Waals surface area contributed by atoms with Crippen molar-refractivity contribution >= 4 is 59.0 Å². The van der Waals surface area contributed by atoms with E-state index in [2.05, 4.69) is 36.1 Å². The van der Waals surface area contributed by atoms with Crippen LogP contribution in [0, 0.1) is 0 Å². The largest absolute Gasteiger partial charge is 0.508 e. The molecule has 4 heterocycles. The fourth-order valence-electron chi connectivity index (χ4n) is 6.16. The van der Waals surface area contributed by atoms with E-state index in [4.69, 9.17) is 10.5 Å². The monoisotopic (exact) mass is 727 g/mol. The summed E-state index contributed by atoms with van der Waals surface area (Å²) in [5.74, 6) is -2.86. The van der Waals surface area contributed by atoms with Crippen molar-refractivity contribution in [3.8, 4) is 5.75 Å². The summed E-state index contributed by atoms with van der Waals surface area (Å²) in [5, 5.41) is 36.5. The van der Waals surface area contributed by atoms with Crippen LogP contribution in [0.15, 0.2) is 51.7 Å². The predicted molar refractivity (Wildman–Crippen MR) is 179 cm³/mol. The number of rotatable bonds is 12. The van der Waals surface area contributed by atoms with E-state index in [1.165, 1.54) is 47.8 Å². The minimum absolute atomic E-state index is 0.113. The van der Waals surface area contributed by atoms with Crippen LogP contribution in [-0.4, -0.2) is 105 Å². The molecule has 3 aliphatic rings. The minimum Gasteiger partial charge on any atom is -0.508 e. The number of ether oxygens (including phenoxy) is 1. The number of urea groups is 1. The second-order valence-electron chi connectivity index (χ2n) is 11.7. The smallest absolute Gasteiger partial charge is 0.352 e. The number of nitrogens with one attached hydrogen (secondary N) is 3. The number of phenolic OH excluding ortho intramolecular Hbond substituents is 1. The standard InChI is InChI=1S/C29H33N11O8S2/c1-38-28(35-36-37-38)50-13-15-12-49-25-29(48-2,24(46)40(25)20(15)23(44)45)34-22(43)19(14-7-9-17(41)10-8-14)39(26(30)47)18-11-31-27(33-21(18)42)32-16-5-3-4-6-16/h7-11,16,19,25,41H,3-6,12-13H2,1-2H3,(H2,30,47)(H,34,43)(H,44,45)(H2,31,32,33,42)/t19?,25-,29-/m0/s1. The molecule has 264 valence electrons. The molecular weight excluding hydrogens is 695 g/mol. The molecular formula is C29H33N11O8S2. The maximum atomic E-state index is 14.3. The number of nitrogens with two attached hydrogens (primary N) is 1. The normalized spacial score (nSPS) is 21.0. The van der Waals surface area contributed by atoms with Gasteiger partial charge >= 0.3 is 12.0 Å². The number of tetrazole rings is 1.